The highest BCUT2D eigenvalue weighted by Gasteiger charge is 2.36. The van der Waals surface area contributed by atoms with Crippen molar-refractivity contribution in [3.63, 3.8) is 0 Å². The van der Waals surface area contributed by atoms with E-state index in [0.717, 1.165) is 0 Å². The zero-order valence-electron chi connectivity index (χ0n) is 9.60. The number of imide groups is 1. The first kappa shape index (κ1) is 12.6. The molecule has 0 bridgehead atoms. The molecule has 96 valence electrons. The number of hydrogen-bond acceptors (Lipinski definition) is 4. The van der Waals surface area contributed by atoms with Gasteiger partial charge in [-0.15, -0.1) is 0 Å². The second-order valence-corrected chi connectivity index (χ2v) is 4.22. The number of furan rings is 1. The van der Waals surface area contributed by atoms with Crippen LogP contribution in [0, 0.1) is 0 Å². The molecule has 1 aromatic heterocycles. The molecule has 0 spiro atoms. The molecular weight excluding hydrogens is 260 g/mol. The predicted octanol–water partition coefficient (Wildman–Crippen LogP) is 0.810. The number of carbonyl (C=O) groups excluding carboxylic acids is 3. The smallest absolute Gasteiger partial charge is 0.259 e. The minimum absolute atomic E-state index is 0.0479. The minimum atomic E-state index is -0.666. The third-order valence-electron chi connectivity index (χ3n) is 2.75. The van der Waals surface area contributed by atoms with Crippen LogP contribution in [-0.2, 0) is 9.59 Å². The molecule has 1 N–H and O–H groups in total. The van der Waals surface area contributed by atoms with Gasteiger partial charge in [0, 0.05) is 0 Å². The maximum absolute atomic E-state index is 12.2. The SMILES string of the molecule is CCC1C(=O)NC(=O)CN1C(=O)c1ccoc1Cl. The summed E-state index contributed by atoms with van der Waals surface area (Å²) in [6.45, 7) is 1.60. The highest BCUT2D eigenvalue weighted by Crippen LogP contribution is 2.21. The first-order valence-corrected chi connectivity index (χ1v) is 5.80. The van der Waals surface area contributed by atoms with Crippen molar-refractivity contribution in [1.29, 1.82) is 0 Å². The average Bonchev–Trinajstić information content (AvgIpc) is 2.73. The van der Waals surface area contributed by atoms with Crippen molar-refractivity contribution >= 4 is 29.3 Å². The molecule has 0 aromatic carbocycles. The van der Waals surface area contributed by atoms with Crippen molar-refractivity contribution in [2.45, 2.75) is 19.4 Å². The largest absolute Gasteiger partial charge is 0.452 e. The van der Waals surface area contributed by atoms with Crippen molar-refractivity contribution in [3.8, 4) is 0 Å². The Balaban J connectivity index is 2.30. The third kappa shape index (κ3) is 2.11. The molecule has 1 aliphatic heterocycles. The Morgan fingerprint density at radius 3 is 2.89 bits per heavy atom. The van der Waals surface area contributed by atoms with Crippen LogP contribution in [0.4, 0.5) is 0 Å². The molecule has 1 aromatic rings. The summed E-state index contributed by atoms with van der Waals surface area (Å²) in [6.07, 6.45) is 1.70. The lowest BCUT2D eigenvalue weighted by atomic mass is 10.1. The molecule has 1 atom stereocenters. The van der Waals surface area contributed by atoms with Crippen LogP contribution in [0.25, 0.3) is 0 Å². The molecule has 2 heterocycles. The molecule has 0 aliphatic carbocycles. The van der Waals surface area contributed by atoms with Crippen LogP contribution in [0.5, 0.6) is 0 Å². The molecule has 0 saturated carbocycles. The standard InChI is InChI=1S/C11H11ClN2O4/c1-2-7-10(16)13-8(15)5-14(7)11(17)6-3-4-18-9(6)12/h3-4,7H,2,5H2,1H3,(H,13,15,16). The van der Waals surface area contributed by atoms with Crippen LogP contribution < -0.4 is 5.32 Å². The number of amides is 3. The van der Waals surface area contributed by atoms with Crippen LogP contribution in [0.1, 0.15) is 23.7 Å². The lowest BCUT2D eigenvalue weighted by molar-refractivity contribution is -0.138. The highest BCUT2D eigenvalue weighted by atomic mass is 35.5. The number of nitrogens with one attached hydrogen (secondary N) is 1. The second kappa shape index (κ2) is 4.81. The summed E-state index contributed by atoms with van der Waals surface area (Å²) in [5.41, 5.74) is 0.151. The van der Waals surface area contributed by atoms with Gasteiger partial charge in [0.15, 0.2) is 0 Å². The minimum Gasteiger partial charge on any atom is -0.452 e. The Hall–Kier alpha value is -1.82. The van der Waals surface area contributed by atoms with E-state index in [9.17, 15) is 14.4 Å². The van der Waals surface area contributed by atoms with Crippen LogP contribution >= 0.6 is 11.6 Å². The number of rotatable bonds is 2. The van der Waals surface area contributed by atoms with Crippen molar-refractivity contribution in [2.24, 2.45) is 0 Å². The molecule has 2 rings (SSSR count). The lowest BCUT2D eigenvalue weighted by Crippen LogP contribution is -2.59. The van der Waals surface area contributed by atoms with Gasteiger partial charge < -0.3 is 9.32 Å². The van der Waals surface area contributed by atoms with Gasteiger partial charge in [-0.2, -0.15) is 0 Å². The summed E-state index contributed by atoms with van der Waals surface area (Å²) in [5, 5.41) is 2.15. The van der Waals surface area contributed by atoms with Crippen molar-refractivity contribution < 1.29 is 18.8 Å². The Bertz CT molecular complexity index is 511. The molecule has 1 fully saturated rings. The van der Waals surface area contributed by atoms with Gasteiger partial charge in [-0.1, -0.05) is 6.92 Å². The monoisotopic (exact) mass is 270 g/mol. The summed E-state index contributed by atoms with van der Waals surface area (Å²) in [6, 6.07) is 0.745. The van der Waals surface area contributed by atoms with Gasteiger partial charge in [0.05, 0.1) is 11.8 Å². The number of halogens is 1. The van der Waals surface area contributed by atoms with E-state index in [2.05, 4.69) is 5.32 Å². The quantitative estimate of drug-likeness (QED) is 0.807. The lowest BCUT2D eigenvalue weighted by Gasteiger charge is -2.33. The fourth-order valence-electron chi connectivity index (χ4n) is 1.89. The molecular formula is C11H11ClN2O4. The zero-order chi connectivity index (χ0) is 13.3. The number of hydrogen-bond donors (Lipinski definition) is 1. The van der Waals surface area contributed by atoms with Gasteiger partial charge in [0.2, 0.25) is 17.0 Å². The van der Waals surface area contributed by atoms with E-state index in [1.54, 1.807) is 6.92 Å². The maximum Gasteiger partial charge on any atom is 0.259 e. The van der Waals surface area contributed by atoms with E-state index in [-0.39, 0.29) is 17.3 Å². The van der Waals surface area contributed by atoms with E-state index in [1.165, 1.54) is 17.2 Å². The van der Waals surface area contributed by atoms with Gasteiger partial charge in [0.1, 0.15) is 12.6 Å². The van der Waals surface area contributed by atoms with Gasteiger partial charge >= 0.3 is 0 Å². The van der Waals surface area contributed by atoms with E-state index >= 15 is 0 Å². The number of piperazine rings is 1. The Morgan fingerprint density at radius 1 is 1.61 bits per heavy atom. The van der Waals surface area contributed by atoms with E-state index in [1.807, 2.05) is 0 Å². The topological polar surface area (TPSA) is 79.6 Å². The molecule has 18 heavy (non-hydrogen) atoms. The van der Waals surface area contributed by atoms with Crippen molar-refractivity contribution in [1.82, 2.24) is 10.2 Å². The Labute approximate surface area is 108 Å². The van der Waals surface area contributed by atoms with Crippen molar-refractivity contribution in [3.05, 3.63) is 23.1 Å². The van der Waals surface area contributed by atoms with Crippen LogP contribution in [0.3, 0.4) is 0 Å². The van der Waals surface area contributed by atoms with E-state index in [4.69, 9.17) is 16.0 Å². The van der Waals surface area contributed by atoms with Gasteiger partial charge in [-0.25, -0.2) is 0 Å². The molecule has 1 saturated heterocycles. The molecule has 6 nitrogen and oxygen atoms in total. The third-order valence-corrected chi connectivity index (χ3v) is 3.04. The fraction of sp³-hybridized carbons (Fsp3) is 0.364. The fourth-order valence-corrected chi connectivity index (χ4v) is 2.08. The highest BCUT2D eigenvalue weighted by molar-refractivity contribution is 6.32. The summed E-state index contributed by atoms with van der Waals surface area (Å²) < 4.78 is 4.83. The Morgan fingerprint density at radius 2 is 2.33 bits per heavy atom. The van der Waals surface area contributed by atoms with Crippen LogP contribution in [0.15, 0.2) is 16.7 Å². The van der Waals surface area contributed by atoms with Crippen molar-refractivity contribution in [2.75, 3.05) is 6.54 Å². The zero-order valence-corrected chi connectivity index (χ0v) is 10.4. The molecule has 1 unspecified atom stereocenters. The maximum atomic E-state index is 12.2. The summed E-state index contributed by atoms with van der Waals surface area (Å²) in [5.74, 6) is -1.46. The van der Waals surface area contributed by atoms with Gasteiger partial charge in [-0.3, -0.25) is 19.7 Å². The molecule has 0 radical (unpaired) electrons. The van der Waals surface area contributed by atoms with E-state index in [0.29, 0.717) is 6.42 Å². The summed E-state index contributed by atoms with van der Waals surface area (Å²) in [4.78, 5) is 36.3. The number of nitrogens with zero attached hydrogens (tertiary/aromatic N) is 1. The summed E-state index contributed by atoms with van der Waals surface area (Å²) >= 11 is 5.72. The Kier molecular flexibility index (Phi) is 3.38. The van der Waals surface area contributed by atoms with E-state index < -0.39 is 23.8 Å². The van der Waals surface area contributed by atoms with Gasteiger partial charge in [0.25, 0.3) is 5.91 Å². The molecule has 7 heteroatoms. The molecule has 3 amide bonds. The second-order valence-electron chi connectivity index (χ2n) is 3.88. The van der Waals surface area contributed by atoms with Gasteiger partial charge in [-0.05, 0) is 24.1 Å². The average molecular weight is 271 g/mol. The van der Waals surface area contributed by atoms with Crippen LogP contribution in [-0.4, -0.2) is 35.2 Å². The normalized spacial score (nSPS) is 19.9. The van der Waals surface area contributed by atoms with Crippen LogP contribution in [0.2, 0.25) is 5.22 Å². The molecule has 1 aliphatic rings. The summed E-state index contributed by atoms with van der Waals surface area (Å²) in [7, 11) is 0. The number of carbonyl (C=O) groups is 3. The predicted molar refractivity (Wildman–Crippen MR) is 62.0 cm³/mol. The first-order chi connectivity index (χ1) is 8.54. The first-order valence-electron chi connectivity index (χ1n) is 5.42.